The van der Waals surface area contributed by atoms with Gasteiger partial charge < -0.3 is 15.8 Å². The molecule has 19 heavy (non-hydrogen) atoms. The van der Waals surface area contributed by atoms with Crippen LogP contribution in [-0.2, 0) is 5.41 Å². The lowest BCUT2D eigenvalue weighted by Gasteiger charge is -2.24. The lowest BCUT2D eigenvalue weighted by atomic mass is 9.84. The molecule has 108 valence electrons. The van der Waals surface area contributed by atoms with E-state index in [1.165, 1.54) is 11.1 Å². The first-order valence-electron chi connectivity index (χ1n) is 6.98. The monoisotopic (exact) mass is 264 g/mol. The van der Waals surface area contributed by atoms with E-state index in [9.17, 15) is 0 Å². The molecule has 0 saturated carbocycles. The first-order valence-corrected chi connectivity index (χ1v) is 6.98. The van der Waals surface area contributed by atoms with Crippen LogP contribution in [0.2, 0.25) is 0 Å². The molecule has 1 aromatic carbocycles. The molecule has 1 aromatic rings. The van der Waals surface area contributed by atoms with Crippen molar-refractivity contribution >= 4 is 0 Å². The highest BCUT2D eigenvalue weighted by molar-refractivity contribution is 5.42. The Hall–Kier alpha value is -1.06. The van der Waals surface area contributed by atoms with Crippen molar-refractivity contribution in [2.75, 3.05) is 20.7 Å². The van der Waals surface area contributed by atoms with E-state index in [4.69, 9.17) is 10.5 Å². The molecule has 3 nitrogen and oxygen atoms in total. The molecule has 1 atom stereocenters. The Bertz CT molecular complexity index is 396. The zero-order valence-corrected chi connectivity index (χ0v) is 12.9. The Morgan fingerprint density at radius 1 is 1.32 bits per heavy atom. The van der Waals surface area contributed by atoms with Gasteiger partial charge in [-0.15, -0.1) is 0 Å². The molecule has 0 aliphatic heterocycles. The predicted octanol–water partition coefficient (Wildman–Crippen LogP) is 2.99. The van der Waals surface area contributed by atoms with Crippen molar-refractivity contribution in [3.8, 4) is 5.75 Å². The predicted molar refractivity (Wildman–Crippen MR) is 81.8 cm³/mol. The standard InChI is InChI=1S/C16H28N2O/c1-16(2,3)13-11-12(8-9-15(13)19-5)14(17)7-6-10-18-4/h8-9,11,14,18H,6-7,10,17H2,1-5H3. The third-order valence-corrected chi connectivity index (χ3v) is 3.40. The van der Waals surface area contributed by atoms with E-state index in [1.54, 1.807) is 7.11 Å². The average molecular weight is 264 g/mol. The van der Waals surface area contributed by atoms with Gasteiger partial charge in [-0.1, -0.05) is 32.9 Å². The third-order valence-electron chi connectivity index (χ3n) is 3.40. The van der Waals surface area contributed by atoms with Crippen molar-refractivity contribution < 1.29 is 4.74 Å². The highest BCUT2D eigenvalue weighted by atomic mass is 16.5. The zero-order valence-electron chi connectivity index (χ0n) is 12.9. The molecule has 0 saturated heterocycles. The zero-order chi connectivity index (χ0) is 14.5. The fourth-order valence-corrected chi connectivity index (χ4v) is 2.21. The Morgan fingerprint density at radius 2 is 2.00 bits per heavy atom. The molecule has 0 radical (unpaired) electrons. The van der Waals surface area contributed by atoms with Gasteiger partial charge in [0.05, 0.1) is 7.11 Å². The molecule has 3 N–H and O–H groups in total. The minimum absolute atomic E-state index is 0.0616. The molecule has 0 amide bonds. The minimum atomic E-state index is 0.0616. The van der Waals surface area contributed by atoms with Crippen LogP contribution in [0.5, 0.6) is 5.75 Å². The van der Waals surface area contributed by atoms with Crippen LogP contribution in [0.1, 0.15) is 50.8 Å². The van der Waals surface area contributed by atoms with Gasteiger partial charge in [0.2, 0.25) is 0 Å². The molecule has 1 rings (SSSR count). The molecule has 0 bridgehead atoms. The van der Waals surface area contributed by atoms with Crippen molar-refractivity contribution in [2.45, 2.75) is 45.1 Å². The van der Waals surface area contributed by atoms with Gasteiger partial charge in [-0.3, -0.25) is 0 Å². The fraction of sp³-hybridized carbons (Fsp3) is 0.625. The van der Waals surface area contributed by atoms with Crippen LogP contribution in [0, 0.1) is 0 Å². The lowest BCUT2D eigenvalue weighted by Crippen LogP contribution is -2.17. The number of hydrogen-bond donors (Lipinski definition) is 2. The summed E-state index contributed by atoms with van der Waals surface area (Å²) in [7, 11) is 3.69. The minimum Gasteiger partial charge on any atom is -0.496 e. The summed E-state index contributed by atoms with van der Waals surface area (Å²) >= 11 is 0. The molecule has 0 aliphatic rings. The molecular formula is C16H28N2O. The number of benzene rings is 1. The number of ether oxygens (including phenoxy) is 1. The number of rotatable bonds is 6. The molecular weight excluding hydrogens is 236 g/mol. The first kappa shape index (κ1) is 16.0. The Labute approximate surface area is 117 Å². The molecule has 3 heteroatoms. The van der Waals surface area contributed by atoms with E-state index in [-0.39, 0.29) is 11.5 Å². The number of nitrogens with two attached hydrogens (primary N) is 1. The van der Waals surface area contributed by atoms with E-state index in [0.717, 1.165) is 25.1 Å². The average Bonchev–Trinajstić information content (AvgIpc) is 2.37. The smallest absolute Gasteiger partial charge is 0.122 e. The largest absolute Gasteiger partial charge is 0.496 e. The number of hydrogen-bond acceptors (Lipinski definition) is 3. The second kappa shape index (κ2) is 6.92. The van der Waals surface area contributed by atoms with Crippen molar-refractivity contribution in [3.63, 3.8) is 0 Å². The van der Waals surface area contributed by atoms with Crippen LogP contribution in [0.4, 0.5) is 0 Å². The quantitative estimate of drug-likeness (QED) is 0.777. The summed E-state index contributed by atoms with van der Waals surface area (Å²) in [6, 6.07) is 6.41. The molecule has 0 spiro atoms. The van der Waals surface area contributed by atoms with Gasteiger partial charge in [0.15, 0.2) is 0 Å². The van der Waals surface area contributed by atoms with E-state index in [2.05, 4.69) is 38.2 Å². The molecule has 1 unspecified atom stereocenters. The summed E-state index contributed by atoms with van der Waals surface area (Å²) < 4.78 is 5.45. The fourth-order valence-electron chi connectivity index (χ4n) is 2.21. The van der Waals surface area contributed by atoms with Gasteiger partial charge >= 0.3 is 0 Å². The Balaban J connectivity index is 2.91. The topological polar surface area (TPSA) is 47.3 Å². The number of methoxy groups -OCH3 is 1. The maximum atomic E-state index is 6.27. The maximum Gasteiger partial charge on any atom is 0.122 e. The van der Waals surface area contributed by atoms with Crippen molar-refractivity contribution in [2.24, 2.45) is 5.73 Å². The van der Waals surface area contributed by atoms with E-state index in [0.29, 0.717) is 0 Å². The van der Waals surface area contributed by atoms with E-state index in [1.807, 2.05) is 13.1 Å². The Morgan fingerprint density at radius 3 is 2.53 bits per heavy atom. The van der Waals surface area contributed by atoms with Gasteiger partial charge in [0.1, 0.15) is 5.75 Å². The van der Waals surface area contributed by atoms with E-state index < -0.39 is 0 Å². The van der Waals surface area contributed by atoms with Gasteiger partial charge in [0.25, 0.3) is 0 Å². The van der Waals surface area contributed by atoms with Crippen molar-refractivity contribution in [3.05, 3.63) is 29.3 Å². The summed E-state index contributed by atoms with van der Waals surface area (Å²) in [6.07, 6.45) is 2.09. The van der Waals surface area contributed by atoms with Gasteiger partial charge in [-0.05, 0) is 49.0 Å². The lowest BCUT2D eigenvalue weighted by molar-refractivity contribution is 0.397. The molecule has 0 aromatic heterocycles. The third kappa shape index (κ3) is 4.51. The Kier molecular flexibility index (Phi) is 5.83. The summed E-state index contributed by atoms with van der Waals surface area (Å²) in [4.78, 5) is 0. The summed E-state index contributed by atoms with van der Waals surface area (Å²) in [5.74, 6) is 0.943. The highest BCUT2D eigenvalue weighted by Crippen LogP contribution is 2.33. The van der Waals surface area contributed by atoms with Crippen LogP contribution in [0.3, 0.4) is 0 Å². The summed E-state index contributed by atoms with van der Waals surface area (Å²) in [5, 5.41) is 3.15. The maximum absolute atomic E-state index is 6.27. The second-order valence-electron chi connectivity index (χ2n) is 6.06. The van der Waals surface area contributed by atoms with E-state index >= 15 is 0 Å². The summed E-state index contributed by atoms with van der Waals surface area (Å²) in [6.45, 7) is 7.60. The van der Waals surface area contributed by atoms with Gasteiger partial charge in [0, 0.05) is 6.04 Å². The van der Waals surface area contributed by atoms with Crippen LogP contribution in [0.15, 0.2) is 18.2 Å². The van der Waals surface area contributed by atoms with Crippen molar-refractivity contribution in [1.82, 2.24) is 5.32 Å². The first-order chi connectivity index (χ1) is 8.90. The molecule has 0 aliphatic carbocycles. The summed E-state index contributed by atoms with van der Waals surface area (Å²) in [5.41, 5.74) is 8.75. The van der Waals surface area contributed by atoms with Gasteiger partial charge in [-0.2, -0.15) is 0 Å². The van der Waals surface area contributed by atoms with Crippen LogP contribution in [-0.4, -0.2) is 20.7 Å². The van der Waals surface area contributed by atoms with Crippen LogP contribution >= 0.6 is 0 Å². The molecule has 0 fully saturated rings. The normalized spacial score (nSPS) is 13.4. The van der Waals surface area contributed by atoms with Gasteiger partial charge in [-0.25, -0.2) is 0 Å². The molecule has 0 heterocycles. The SMILES string of the molecule is CNCCCC(N)c1ccc(OC)c(C(C)(C)C)c1. The number of nitrogens with one attached hydrogen (secondary N) is 1. The second-order valence-corrected chi connectivity index (χ2v) is 6.06. The van der Waals surface area contributed by atoms with Crippen LogP contribution < -0.4 is 15.8 Å². The highest BCUT2D eigenvalue weighted by Gasteiger charge is 2.20. The van der Waals surface area contributed by atoms with Crippen molar-refractivity contribution in [1.29, 1.82) is 0 Å². The van der Waals surface area contributed by atoms with Crippen LogP contribution in [0.25, 0.3) is 0 Å².